The molecule has 11 heteroatoms. The number of nitro benzene ring substituents is 1. The van der Waals surface area contributed by atoms with Crippen LogP contribution in [0.5, 0.6) is 11.5 Å². The van der Waals surface area contributed by atoms with Crippen LogP contribution in [-0.4, -0.2) is 20.5 Å². The van der Waals surface area contributed by atoms with E-state index in [2.05, 4.69) is 0 Å². The van der Waals surface area contributed by atoms with Crippen molar-refractivity contribution in [3.05, 3.63) is 92.0 Å². The number of ether oxygens (including phenoxy) is 1. The lowest BCUT2D eigenvalue weighted by atomic mass is 10.0. The standard InChI is InChI=1S/C22H14Cl2N2O6S/c1-31-21-12-14(10-16(13-25)15-2-6-18(7-3-15)26(27)28)11-20(24)22(21)32-33(29,30)19-8-4-17(23)5-9-19/h2-12H,1H3/b16-10+. The van der Waals surface area contributed by atoms with E-state index in [0.29, 0.717) is 16.1 Å². The summed E-state index contributed by atoms with van der Waals surface area (Å²) in [6, 6.07) is 15.7. The summed E-state index contributed by atoms with van der Waals surface area (Å²) in [5.74, 6) is -0.201. The Hall–Kier alpha value is -3.58. The quantitative estimate of drug-likeness (QED) is 0.132. The lowest BCUT2D eigenvalue weighted by molar-refractivity contribution is -0.384. The van der Waals surface area contributed by atoms with Gasteiger partial charge < -0.3 is 8.92 Å². The van der Waals surface area contributed by atoms with Crippen molar-refractivity contribution < 1.29 is 22.3 Å². The summed E-state index contributed by atoms with van der Waals surface area (Å²) in [5, 5.41) is 20.7. The second-order valence-electron chi connectivity index (χ2n) is 6.50. The lowest BCUT2D eigenvalue weighted by Crippen LogP contribution is -2.10. The van der Waals surface area contributed by atoms with E-state index in [-0.39, 0.29) is 32.7 Å². The predicted molar refractivity (Wildman–Crippen MR) is 124 cm³/mol. The first-order valence-corrected chi connectivity index (χ1v) is 11.2. The van der Waals surface area contributed by atoms with Crippen LogP contribution in [0.15, 0.2) is 65.6 Å². The van der Waals surface area contributed by atoms with Gasteiger partial charge in [-0.1, -0.05) is 23.2 Å². The molecular formula is C22H14Cl2N2O6S. The van der Waals surface area contributed by atoms with Crippen LogP contribution in [0.4, 0.5) is 5.69 Å². The molecule has 168 valence electrons. The fourth-order valence-corrected chi connectivity index (χ4v) is 4.16. The highest BCUT2D eigenvalue weighted by Crippen LogP contribution is 2.39. The van der Waals surface area contributed by atoms with Gasteiger partial charge in [0.1, 0.15) is 4.90 Å². The van der Waals surface area contributed by atoms with Gasteiger partial charge in [0.25, 0.3) is 5.69 Å². The van der Waals surface area contributed by atoms with Gasteiger partial charge in [-0.15, -0.1) is 0 Å². The second kappa shape index (κ2) is 9.92. The van der Waals surface area contributed by atoms with Crippen LogP contribution in [-0.2, 0) is 10.1 Å². The van der Waals surface area contributed by atoms with Gasteiger partial charge in [-0.3, -0.25) is 10.1 Å². The number of nitrogens with zero attached hydrogens (tertiary/aromatic N) is 2. The Bertz CT molecular complexity index is 1380. The molecule has 8 nitrogen and oxygen atoms in total. The Morgan fingerprint density at radius 2 is 1.73 bits per heavy atom. The van der Waals surface area contributed by atoms with E-state index in [1.165, 1.54) is 73.8 Å². The minimum Gasteiger partial charge on any atom is -0.493 e. The average Bonchev–Trinajstić information content (AvgIpc) is 2.79. The normalized spacial score (nSPS) is 11.5. The van der Waals surface area contributed by atoms with Crippen LogP contribution in [0.1, 0.15) is 11.1 Å². The largest absolute Gasteiger partial charge is 0.493 e. The van der Waals surface area contributed by atoms with Crippen molar-refractivity contribution in [2.45, 2.75) is 4.90 Å². The van der Waals surface area contributed by atoms with E-state index in [9.17, 15) is 23.8 Å². The molecule has 0 radical (unpaired) electrons. The molecule has 0 aromatic heterocycles. The summed E-state index contributed by atoms with van der Waals surface area (Å²) in [6.45, 7) is 0. The summed E-state index contributed by atoms with van der Waals surface area (Å²) < 4.78 is 35.7. The van der Waals surface area contributed by atoms with Crippen molar-refractivity contribution in [1.29, 1.82) is 5.26 Å². The summed E-state index contributed by atoms with van der Waals surface area (Å²) in [4.78, 5) is 10.2. The van der Waals surface area contributed by atoms with E-state index < -0.39 is 15.0 Å². The third kappa shape index (κ3) is 5.62. The van der Waals surface area contributed by atoms with Crippen molar-refractivity contribution in [1.82, 2.24) is 0 Å². The Morgan fingerprint density at radius 3 is 2.27 bits per heavy atom. The van der Waals surface area contributed by atoms with Gasteiger partial charge in [0.2, 0.25) is 5.75 Å². The third-order valence-electron chi connectivity index (χ3n) is 4.37. The van der Waals surface area contributed by atoms with E-state index in [1.807, 2.05) is 6.07 Å². The van der Waals surface area contributed by atoms with Gasteiger partial charge in [0.15, 0.2) is 5.75 Å². The van der Waals surface area contributed by atoms with Crippen molar-refractivity contribution in [3.63, 3.8) is 0 Å². The highest BCUT2D eigenvalue weighted by molar-refractivity contribution is 7.87. The SMILES string of the molecule is COc1cc(/C=C(\C#N)c2ccc([N+](=O)[O-])cc2)cc(Cl)c1OS(=O)(=O)c1ccc(Cl)cc1. The number of nitro groups is 1. The monoisotopic (exact) mass is 504 g/mol. The fraction of sp³-hybridized carbons (Fsp3) is 0.0455. The maximum Gasteiger partial charge on any atom is 0.339 e. The lowest BCUT2D eigenvalue weighted by Gasteiger charge is -2.13. The molecule has 3 rings (SSSR count). The molecule has 0 unspecified atom stereocenters. The molecule has 3 aromatic carbocycles. The van der Waals surface area contributed by atoms with E-state index in [1.54, 1.807) is 0 Å². The van der Waals surface area contributed by atoms with Crippen molar-refractivity contribution in [3.8, 4) is 17.6 Å². The molecule has 0 amide bonds. The summed E-state index contributed by atoms with van der Waals surface area (Å²) >= 11 is 12.1. The number of methoxy groups -OCH3 is 1. The van der Waals surface area contributed by atoms with Gasteiger partial charge >= 0.3 is 10.1 Å². The number of hydrogen-bond donors (Lipinski definition) is 0. The number of hydrogen-bond acceptors (Lipinski definition) is 7. The van der Waals surface area contributed by atoms with E-state index in [4.69, 9.17) is 32.1 Å². The zero-order valence-corrected chi connectivity index (χ0v) is 19.2. The fourth-order valence-electron chi connectivity index (χ4n) is 2.77. The molecule has 0 heterocycles. The second-order valence-corrected chi connectivity index (χ2v) is 8.89. The Labute approximate surface area is 199 Å². The molecule has 0 aliphatic carbocycles. The first kappa shape index (κ1) is 24.1. The minimum atomic E-state index is -4.23. The first-order chi connectivity index (χ1) is 15.6. The molecule has 33 heavy (non-hydrogen) atoms. The van der Waals surface area contributed by atoms with Gasteiger partial charge in [-0.2, -0.15) is 13.7 Å². The van der Waals surface area contributed by atoms with Crippen LogP contribution in [0, 0.1) is 21.4 Å². The third-order valence-corrected chi connectivity index (χ3v) is 6.14. The molecule has 0 aliphatic heterocycles. The van der Waals surface area contributed by atoms with Crippen molar-refractivity contribution in [2.75, 3.05) is 7.11 Å². The number of halogens is 2. The maximum absolute atomic E-state index is 12.6. The molecule has 0 fully saturated rings. The average molecular weight is 505 g/mol. The topological polar surface area (TPSA) is 120 Å². The molecule has 0 bridgehead atoms. The maximum atomic E-state index is 12.6. The highest BCUT2D eigenvalue weighted by atomic mass is 35.5. The van der Waals surface area contributed by atoms with Gasteiger partial charge in [0, 0.05) is 17.2 Å². The highest BCUT2D eigenvalue weighted by Gasteiger charge is 2.22. The Balaban J connectivity index is 1.97. The molecule has 0 atom stereocenters. The van der Waals surface area contributed by atoms with Crippen molar-refractivity contribution >= 4 is 50.7 Å². The molecule has 0 spiro atoms. The van der Waals surface area contributed by atoms with Crippen LogP contribution >= 0.6 is 23.2 Å². The molecule has 0 aliphatic rings. The number of benzene rings is 3. The van der Waals surface area contributed by atoms with E-state index >= 15 is 0 Å². The summed E-state index contributed by atoms with van der Waals surface area (Å²) in [7, 11) is -2.92. The van der Waals surface area contributed by atoms with Gasteiger partial charge in [0.05, 0.1) is 28.7 Å². The van der Waals surface area contributed by atoms with Gasteiger partial charge in [-0.25, -0.2) is 0 Å². The Morgan fingerprint density at radius 1 is 1.09 bits per heavy atom. The van der Waals surface area contributed by atoms with Gasteiger partial charge in [-0.05, 0) is 65.7 Å². The molecule has 3 aromatic rings. The van der Waals surface area contributed by atoms with Crippen LogP contribution in [0.25, 0.3) is 11.6 Å². The minimum absolute atomic E-state index is 0.0206. The zero-order valence-electron chi connectivity index (χ0n) is 16.9. The number of rotatable bonds is 7. The number of non-ortho nitro benzene ring substituents is 1. The summed E-state index contributed by atoms with van der Waals surface area (Å²) in [6.07, 6.45) is 1.48. The van der Waals surface area contributed by atoms with Crippen molar-refractivity contribution in [2.24, 2.45) is 0 Å². The summed E-state index contributed by atoms with van der Waals surface area (Å²) in [5.41, 5.74) is 0.960. The predicted octanol–water partition coefficient (Wildman–Crippen LogP) is 5.74. The van der Waals surface area contributed by atoms with Crippen LogP contribution < -0.4 is 8.92 Å². The molecular weight excluding hydrogens is 491 g/mol. The number of allylic oxidation sites excluding steroid dienone is 1. The number of nitriles is 1. The first-order valence-electron chi connectivity index (χ1n) is 9.09. The van der Waals surface area contributed by atoms with E-state index in [0.717, 1.165) is 0 Å². The van der Waals surface area contributed by atoms with Crippen LogP contribution in [0.2, 0.25) is 10.0 Å². The molecule has 0 saturated carbocycles. The smallest absolute Gasteiger partial charge is 0.339 e. The molecule has 0 N–H and O–H groups in total. The Kier molecular flexibility index (Phi) is 7.23. The molecule has 0 saturated heterocycles. The van der Waals surface area contributed by atoms with Crippen LogP contribution in [0.3, 0.4) is 0 Å². The zero-order chi connectivity index (χ0) is 24.2.